The lowest BCUT2D eigenvalue weighted by molar-refractivity contribution is -0.137. The van der Waals surface area contributed by atoms with E-state index in [4.69, 9.17) is 9.47 Å². The molecule has 0 saturated carbocycles. The van der Waals surface area contributed by atoms with Gasteiger partial charge in [0.05, 0.1) is 12.2 Å². The van der Waals surface area contributed by atoms with Crippen LogP contribution < -0.4 is 10.1 Å². The number of nitrogens with zero attached hydrogens (tertiary/aromatic N) is 1. The Morgan fingerprint density at radius 3 is 2.28 bits per heavy atom. The Labute approximate surface area is 171 Å². The zero-order valence-electron chi connectivity index (χ0n) is 16.8. The van der Waals surface area contributed by atoms with Crippen LogP contribution in [0.2, 0.25) is 0 Å². The second kappa shape index (κ2) is 9.89. The Morgan fingerprint density at radius 2 is 1.62 bits per heavy atom. The third-order valence-corrected chi connectivity index (χ3v) is 4.54. The molecule has 3 rings (SSSR count). The monoisotopic (exact) mass is 394 g/mol. The summed E-state index contributed by atoms with van der Waals surface area (Å²) in [7, 11) is 0. The highest BCUT2D eigenvalue weighted by atomic mass is 16.5. The number of hydrogen-bond donors (Lipinski definition) is 1. The van der Waals surface area contributed by atoms with Crippen LogP contribution >= 0.6 is 0 Å². The summed E-state index contributed by atoms with van der Waals surface area (Å²) in [4.78, 5) is 27.4. The highest BCUT2D eigenvalue weighted by molar-refractivity contribution is 6.36. The van der Waals surface area contributed by atoms with Crippen molar-refractivity contribution in [3.8, 4) is 5.75 Å². The normalized spacial score (nSPS) is 13.9. The van der Waals surface area contributed by atoms with Crippen molar-refractivity contribution in [3.63, 3.8) is 0 Å². The van der Waals surface area contributed by atoms with E-state index in [2.05, 4.69) is 5.32 Å². The van der Waals surface area contributed by atoms with E-state index in [0.29, 0.717) is 55.3 Å². The number of nitrogens with one attached hydrogen (secondary N) is 1. The van der Waals surface area contributed by atoms with Crippen molar-refractivity contribution < 1.29 is 19.1 Å². The lowest BCUT2D eigenvalue weighted by Gasteiger charge is -2.15. The summed E-state index contributed by atoms with van der Waals surface area (Å²) in [5.74, 6) is 0.145. The molecular formula is C23H26N2O4. The summed E-state index contributed by atoms with van der Waals surface area (Å²) in [5.41, 5.74) is 2.11. The Hall–Kier alpha value is -3.12. The van der Waals surface area contributed by atoms with E-state index in [1.54, 1.807) is 0 Å². The molecule has 0 atom stereocenters. The zero-order chi connectivity index (χ0) is 20.6. The molecule has 6 heteroatoms. The van der Waals surface area contributed by atoms with Gasteiger partial charge < -0.3 is 14.8 Å². The van der Waals surface area contributed by atoms with E-state index in [-0.39, 0.29) is 11.8 Å². The van der Waals surface area contributed by atoms with Crippen LogP contribution in [-0.2, 0) is 14.3 Å². The molecule has 0 aliphatic carbocycles. The molecule has 0 aromatic heterocycles. The standard InChI is InChI=1S/C23H26N2O4/c1-3-28-16-8-15-25-22(26)20(17-9-6-5-7-10-17)21(23(25)27)24-18-11-13-19(14-12-18)29-4-2/h5-7,9-14,24H,3-4,8,15-16H2,1-2H3. The number of benzene rings is 2. The Bertz CT molecular complexity index is 876. The second-order valence-corrected chi connectivity index (χ2v) is 6.51. The van der Waals surface area contributed by atoms with Crippen LogP contribution in [0.5, 0.6) is 5.75 Å². The van der Waals surface area contributed by atoms with E-state index in [1.807, 2.05) is 68.4 Å². The predicted molar refractivity (Wildman–Crippen MR) is 112 cm³/mol. The first-order chi connectivity index (χ1) is 14.2. The zero-order valence-corrected chi connectivity index (χ0v) is 16.8. The maximum absolute atomic E-state index is 13.1. The van der Waals surface area contributed by atoms with Crippen molar-refractivity contribution >= 4 is 23.1 Å². The first kappa shape index (κ1) is 20.6. The average molecular weight is 394 g/mol. The van der Waals surface area contributed by atoms with Gasteiger partial charge in [-0.15, -0.1) is 0 Å². The van der Waals surface area contributed by atoms with Crippen molar-refractivity contribution in [2.45, 2.75) is 20.3 Å². The molecule has 0 bridgehead atoms. The van der Waals surface area contributed by atoms with Crippen LogP contribution in [0.1, 0.15) is 25.8 Å². The summed E-state index contributed by atoms with van der Waals surface area (Å²) in [6, 6.07) is 16.6. The summed E-state index contributed by atoms with van der Waals surface area (Å²) in [6.07, 6.45) is 0.601. The van der Waals surface area contributed by atoms with Gasteiger partial charge in [-0.25, -0.2) is 0 Å². The molecule has 2 aromatic carbocycles. The van der Waals surface area contributed by atoms with Crippen LogP contribution in [0.15, 0.2) is 60.3 Å². The minimum atomic E-state index is -0.320. The highest BCUT2D eigenvalue weighted by Crippen LogP contribution is 2.30. The van der Waals surface area contributed by atoms with Crippen LogP contribution in [-0.4, -0.2) is 43.1 Å². The number of carbonyl (C=O) groups is 2. The van der Waals surface area contributed by atoms with Gasteiger partial charge in [-0.3, -0.25) is 14.5 Å². The molecule has 2 amide bonds. The van der Waals surface area contributed by atoms with E-state index in [0.717, 1.165) is 5.75 Å². The van der Waals surface area contributed by atoms with E-state index in [1.165, 1.54) is 4.90 Å². The minimum absolute atomic E-state index is 0.286. The van der Waals surface area contributed by atoms with E-state index < -0.39 is 0 Å². The van der Waals surface area contributed by atoms with Crippen LogP contribution in [0.25, 0.3) is 5.57 Å². The fraction of sp³-hybridized carbons (Fsp3) is 0.304. The lowest BCUT2D eigenvalue weighted by atomic mass is 10.0. The Balaban J connectivity index is 1.87. The Morgan fingerprint density at radius 1 is 0.897 bits per heavy atom. The SMILES string of the molecule is CCOCCCN1C(=O)C(Nc2ccc(OCC)cc2)=C(c2ccccc2)C1=O. The summed E-state index contributed by atoms with van der Waals surface area (Å²) in [5, 5.41) is 3.15. The van der Waals surface area contributed by atoms with Gasteiger partial charge in [0.15, 0.2) is 0 Å². The van der Waals surface area contributed by atoms with Gasteiger partial charge in [-0.1, -0.05) is 30.3 Å². The second-order valence-electron chi connectivity index (χ2n) is 6.51. The van der Waals surface area contributed by atoms with Gasteiger partial charge in [0.1, 0.15) is 11.4 Å². The third-order valence-electron chi connectivity index (χ3n) is 4.54. The molecular weight excluding hydrogens is 368 g/mol. The minimum Gasteiger partial charge on any atom is -0.494 e. The summed E-state index contributed by atoms with van der Waals surface area (Å²) < 4.78 is 10.8. The molecule has 6 nitrogen and oxygen atoms in total. The van der Waals surface area contributed by atoms with Crippen LogP contribution in [0.3, 0.4) is 0 Å². The molecule has 1 aliphatic heterocycles. The quantitative estimate of drug-likeness (QED) is 0.492. The topological polar surface area (TPSA) is 67.9 Å². The fourth-order valence-corrected chi connectivity index (χ4v) is 3.18. The van der Waals surface area contributed by atoms with Gasteiger partial charge in [-0.2, -0.15) is 0 Å². The number of ether oxygens (including phenoxy) is 2. The number of imide groups is 1. The molecule has 0 saturated heterocycles. The van der Waals surface area contributed by atoms with Crippen molar-refractivity contribution in [3.05, 3.63) is 65.9 Å². The third kappa shape index (κ3) is 4.84. The van der Waals surface area contributed by atoms with Crippen molar-refractivity contribution in [2.75, 3.05) is 31.7 Å². The largest absolute Gasteiger partial charge is 0.494 e. The van der Waals surface area contributed by atoms with Crippen molar-refractivity contribution in [1.29, 1.82) is 0 Å². The average Bonchev–Trinajstić information content (AvgIpc) is 2.97. The first-order valence-electron chi connectivity index (χ1n) is 9.89. The smallest absolute Gasteiger partial charge is 0.278 e. The number of hydrogen-bond acceptors (Lipinski definition) is 5. The summed E-state index contributed by atoms with van der Waals surface area (Å²) in [6.45, 7) is 5.87. The molecule has 0 unspecified atom stereocenters. The Kier molecular flexibility index (Phi) is 7.03. The maximum Gasteiger partial charge on any atom is 0.278 e. The highest BCUT2D eigenvalue weighted by Gasteiger charge is 2.38. The number of rotatable bonds is 10. The van der Waals surface area contributed by atoms with E-state index in [9.17, 15) is 9.59 Å². The molecule has 152 valence electrons. The first-order valence-corrected chi connectivity index (χ1v) is 9.89. The predicted octanol–water partition coefficient (Wildman–Crippen LogP) is 3.70. The molecule has 1 heterocycles. The molecule has 0 radical (unpaired) electrons. The van der Waals surface area contributed by atoms with Gasteiger partial charge in [-0.05, 0) is 50.1 Å². The molecule has 29 heavy (non-hydrogen) atoms. The van der Waals surface area contributed by atoms with Gasteiger partial charge >= 0.3 is 0 Å². The number of carbonyl (C=O) groups excluding carboxylic acids is 2. The number of anilines is 1. The molecule has 0 spiro atoms. The van der Waals surface area contributed by atoms with Crippen molar-refractivity contribution in [2.24, 2.45) is 0 Å². The lowest BCUT2D eigenvalue weighted by Crippen LogP contribution is -2.34. The number of amides is 2. The molecule has 2 aromatic rings. The fourth-order valence-electron chi connectivity index (χ4n) is 3.18. The summed E-state index contributed by atoms with van der Waals surface area (Å²) >= 11 is 0. The van der Waals surface area contributed by atoms with Gasteiger partial charge in [0.2, 0.25) is 0 Å². The van der Waals surface area contributed by atoms with E-state index >= 15 is 0 Å². The van der Waals surface area contributed by atoms with Gasteiger partial charge in [0.25, 0.3) is 11.8 Å². The van der Waals surface area contributed by atoms with Crippen LogP contribution in [0, 0.1) is 0 Å². The maximum atomic E-state index is 13.1. The molecule has 0 fully saturated rings. The van der Waals surface area contributed by atoms with Crippen molar-refractivity contribution in [1.82, 2.24) is 4.90 Å². The van der Waals surface area contributed by atoms with Crippen LogP contribution in [0.4, 0.5) is 5.69 Å². The molecule has 1 N–H and O–H groups in total. The van der Waals surface area contributed by atoms with Gasteiger partial charge in [0, 0.05) is 25.4 Å². The molecule has 1 aliphatic rings.